The average Bonchev–Trinajstić information content (AvgIpc) is 2.64. The number of fused-ring (bicyclic) bond motifs is 2. The first-order chi connectivity index (χ1) is 12.2. The van der Waals surface area contributed by atoms with E-state index in [0.29, 0.717) is 20.1 Å². The molecule has 0 amide bonds. The van der Waals surface area contributed by atoms with Gasteiger partial charge in [0.25, 0.3) is 0 Å². The van der Waals surface area contributed by atoms with Crippen molar-refractivity contribution in [3.8, 4) is 23.0 Å². The van der Waals surface area contributed by atoms with E-state index in [1.54, 1.807) is 0 Å². The number of ether oxygens (including phenoxy) is 2. The van der Waals surface area contributed by atoms with Crippen molar-refractivity contribution in [1.82, 2.24) is 0 Å². The second kappa shape index (κ2) is 7.14. The Labute approximate surface area is 182 Å². The molecule has 2 atom stereocenters. The number of phenolic OH excluding ortho intramolecular Hbond substituents is 4. The van der Waals surface area contributed by atoms with Crippen LogP contribution in [-0.2, 0) is 9.47 Å². The van der Waals surface area contributed by atoms with Crippen LogP contribution in [0.4, 0.5) is 0 Å². The van der Waals surface area contributed by atoms with Gasteiger partial charge in [-0.05, 0) is 63.7 Å². The molecule has 6 nitrogen and oxygen atoms in total. The van der Waals surface area contributed by atoms with Crippen LogP contribution in [0.25, 0.3) is 0 Å². The van der Waals surface area contributed by atoms with Crippen molar-refractivity contribution in [1.29, 1.82) is 0 Å². The summed E-state index contributed by atoms with van der Waals surface area (Å²) in [6, 6.07) is 0. The van der Waals surface area contributed by atoms with E-state index in [0.717, 1.165) is 0 Å². The molecule has 0 heterocycles. The van der Waals surface area contributed by atoms with Gasteiger partial charge in [-0.25, -0.2) is 0 Å². The Balaban J connectivity index is 2.53. The molecule has 1 aliphatic rings. The van der Waals surface area contributed by atoms with Gasteiger partial charge in [0.05, 0.1) is 8.95 Å². The third kappa shape index (κ3) is 2.61. The van der Waals surface area contributed by atoms with E-state index in [2.05, 4.69) is 63.7 Å². The van der Waals surface area contributed by atoms with E-state index in [9.17, 15) is 20.4 Å². The lowest BCUT2D eigenvalue weighted by atomic mass is 9.80. The minimum Gasteiger partial charge on any atom is -0.504 e. The van der Waals surface area contributed by atoms with Crippen LogP contribution in [0.1, 0.15) is 34.5 Å². The molecule has 0 aromatic heterocycles. The maximum absolute atomic E-state index is 10.6. The predicted octanol–water partition coefficient (Wildman–Crippen LogP) is 5.34. The molecule has 140 valence electrons. The summed E-state index contributed by atoms with van der Waals surface area (Å²) < 4.78 is 12.5. The van der Waals surface area contributed by atoms with Gasteiger partial charge in [-0.15, -0.1) is 0 Å². The number of halogens is 4. The number of phenols is 4. The molecule has 4 N–H and O–H groups in total. The van der Waals surface area contributed by atoms with E-state index < -0.39 is 12.2 Å². The maximum atomic E-state index is 10.6. The molecule has 0 unspecified atom stereocenters. The molecule has 0 radical (unpaired) electrons. The first-order valence-corrected chi connectivity index (χ1v) is 10.3. The Hall–Kier alpha value is -0.520. The molecular formula is C16H12Br4O6. The molecule has 0 fully saturated rings. The lowest BCUT2D eigenvalue weighted by Gasteiger charge is -2.36. The van der Waals surface area contributed by atoms with Crippen molar-refractivity contribution in [2.24, 2.45) is 0 Å². The topological polar surface area (TPSA) is 99.4 Å². The van der Waals surface area contributed by atoms with E-state index >= 15 is 0 Å². The summed E-state index contributed by atoms with van der Waals surface area (Å²) in [5, 5.41) is 41.7. The highest BCUT2D eigenvalue weighted by Crippen LogP contribution is 2.60. The van der Waals surface area contributed by atoms with Crippen LogP contribution in [0.5, 0.6) is 23.0 Å². The highest BCUT2D eigenvalue weighted by molar-refractivity contribution is 9.13. The molecule has 26 heavy (non-hydrogen) atoms. The van der Waals surface area contributed by atoms with Crippen molar-refractivity contribution in [2.45, 2.75) is 12.2 Å². The number of hydrogen-bond donors (Lipinski definition) is 4. The molecule has 0 aliphatic heterocycles. The maximum Gasteiger partial charge on any atom is 0.173 e. The molecule has 1 aliphatic carbocycles. The summed E-state index contributed by atoms with van der Waals surface area (Å²) >= 11 is 13.2. The molecule has 10 heteroatoms. The van der Waals surface area contributed by atoms with Crippen LogP contribution < -0.4 is 0 Å². The summed E-state index contributed by atoms with van der Waals surface area (Å²) in [6.07, 6.45) is -1.70. The lowest BCUT2D eigenvalue weighted by Crippen LogP contribution is -2.22. The Morgan fingerprint density at radius 3 is 1.12 bits per heavy atom. The average molecular weight is 620 g/mol. The van der Waals surface area contributed by atoms with Crippen LogP contribution in [0.15, 0.2) is 17.9 Å². The highest BCUT2D eigenvalue weighted by Gasteiger charge is 2.43. The summed E-state index contributed by atoms with van der Waals surface area (Å²) in [5.74, 6) is -1.45. The van der Waals surface area contributed by atoms with Gasteiger partial charge in [-0.2, -0.15) is 0 Å². The fourth-order valence-corrected chi connectivity index (χ4v) is 5.22. The molecule has 0 saturated carbocycles. The molecule has 3 rings (SSSR count). The van der Waals surface area contributed by atoms with Gasteiger partial charge >= 0.3 is 0 Å². The van der Waals surface area contributed by atoms with E-state index in [-0.39, 0.29) is 43.1 Å². The molecule has 0 spiro atoms. The Kier molecular flexibility index (Phi) is 5.55. The van der Waals surface area contributed by atoms with Crippen LogP contribution in [-0.4, -0.2) is 34.6 Å². The number of aromatic hydroxyl groups is 4. The third-order valence-electron chi connectivity index (χ3n) is 4.33. The fraction of sp³-hybridized carbons (Fsp3) is 0.250. The van der Waals surface area contributed by atoms with Crippen molar-refractivity contribution in [3.63, 3.8) is 0 Å². The van der Waals surface area contributed by atoms with E-state index in [1.807, 2.05) is 0 Å². The minimum atomic E-state index is -0.848. The zero-order valence-electron chi connectivity index (χ0n) is 13.3. The number of rotatable bonds is 2. The SMILES string of the molecule is CO[C@@H]1c2c(O)c(O)c(Br)c(Br)c2[C@@H](OC)c2c(O)c(O)c(Br)c(Br)c21. The third-order valence-corrected chi connectivity index (χ3v) is 8.59. The predicted molar refractivity (Wildman–Crippen MR) is 108 cm³/mol. The second-order valence-corrected chi connectivity index (χ2v) is 8.71. The fourth-order valence-electron chi connectivity index (χ4n) is 3.20. The molecule has 2 aromatic carbocycles. The van der Waals surface area contributed by atoms with Crippen molar-refractivity contribution < 1.29 is 29.9 Å². The van der Waals surface area contributed by atoms with Crippen LogP contribution >= 0.6 is 63.7 Å². The zero-order chi connectivity index (χ0) is 19.5. The largest absolute Gasteiger partial charge is 0.504 e. The van der Waals surface area contributed by atoms with Crippen LogP contribution in [0, 0.1) is 0 Å². The van der Waals surface area contributed by atoms with Gasteiger partial charge in [0.15, 0.2) is 23.0 Å². The van der Waals surface area contributed by atoms with Gasteiger partial charge < -0.3 is 29.9 Å². The molecule has 0 saturated heterocycles. The Morgan fingerprint density at radius 1 is 0.538 bits per heavy atom. The zero-order valence-corrected chi connectivity index (χ0v) is 19.6. The Morgan fingerprint density at radius 2 is 0.846 bits per heavy atom. The van der Waals surface area contributed by atoms with Gasteiger partial charge in [0.1, 0.15) is 12.2 Å². The summed E-state index contributed by atoms with van der Waals surface area (Å²) in [6.45, 7) is 0. The first-order valence-electron chi connectivity index (χ1n) is 7.09. The van der Waals surface area contributed by atoms with Gasteiger partial charge in [0.2, 0.25) is 0 Å². The van der Waals surface area contributed by atoms with Gasteiger partial charge in [0, 0.05) is 45.4 Å². The highest BCUT2D eigenvalue weighted by atomic mass is 79.9. The van der Waals surface area contributed by atoms with Crippen molar-refractivity contribution in [3.05, 3.63) is 40.1 Å². The Bertz CT molecular complexity index is 785. The van der Waals surface area contributed by atoms with Gasteiger partial charge in [-0.3, -0.25) is 0 Å². The van der Waals surface area contributed by atoms with Crippen LogP contribution in [0.2, 0.25) is 0 Å². The van der Waals surface area contributed by atoms with E-state index in [1.165, 1.54) is 14.2 Å². The van der Waals surface area contributed by atoms with E-state index in [4.69, 9.17) is 9.47 Å². The lowest BCUT2D eigenvalue weighted by molar-refractivity contribution is 0.0934. The molecular weight excluding hydrogens is 608 g/mol. The smallest absolute Gasteiger partial charge is 0.173 e. The summed E-state index contributed by atoms with van der Waals surface area (Å²) in [4.78, 5) is 0. The quantitative estimate of drug-likeness (QED) is 0.339. The number of hydrogen-bond acceptors (Lipinski definition) is 6. The summed E-state index contributed by atoms with van der Waals surface area (Å²) in [7, 11) is 2.87. The standard InChI is InChI=1S/C16H12Br4O6/c1-25-15-3-6(12(22)14(24)9(19)7(3)17)16(26-2)4-5(15)11(21)13(23)10(20)8(4)18/h15-16,21-24H,1-2H3/t15-,16+. The normalized spacial score (nSPS) is 18.5. The van der Waals surface area contributed by atoms with Gasteiger partial charge in [-0.1, -0.05) is 0 Å². The molecule has 2 aromatic rings. The first kappa shape index (κ1) is 20.2. The summed E-state index contributed by atoms with van der Waals surface area (Å²) in [5.41, 5.74) is 1.49. The minimum absolute atomic E-state index is 0.231. The number of benzene rings is 2. The molecule has 0 bridgehead atoms. The second-order valence-electron chi connectivity index (χ2n) is 5.54. The van der Waals surface area contributed by atoms with Crippen LogP contribution in [0.3, 0.4) is 0 Å². The number of methoxy groups -OCH3 is 2. The van der Waals surface area contributed by atoms with Crippen molar-refractivity contribution >= 4 is 63.7 Å². The monoisotopic (exact) mass is 616 g/mol. The van der Waals surface area contributed by atoms with Crippen molar-refractivity contribution in [2.75, 3.05) is 14.2 Å².